The third kappa shape index (κ3) is 4.15. The SMILES string of the molecule is CC1CC(C)CC(Oc2ccc(F)cc2C#CCCl)C1. The van der Waals surface area contributed by atoms with E-state index in [2.05, 4.69) is 25.7 Å². The molecule has 0 aromatic heterocycles. The number of rotatable bonds is 2. The molecule has 0 saturated heterocycles. The minimum atomic E-state index is -0.304. The minimum absolute atomic E-state index is 0.191. The van der Waals surface area contributed by atoms with E-state index in [4.69, 9.17) is 16.3 Å². The highest BCUT2D eigenvalue weighted by molar-refractivity contribution is 6.19. The van der Waals surface area contributed by atoms with Gasteiger partial charge in [0.05, 0.1) is 17.5 Å². The Morgan fingerprint density at radius 1 is 1.25 bits per heavy atom. The Balaban J connectivity index is 2.16. The lowest BCUT2D eigenvalue weighted by atomic mass is 9.82. The molecule has 0 N–H and O–H groups in total. The summed E-state index contributed by atoms with van der Waals surface area (Å²) < 4.78 is 19.4. The van der Waals surface area contributed by atoms with Crippen LogP contribution in [0, 0.1) is 29.5 Å². The van der Waals surface area contributed by atoms with Crippen LogP contribution < -0.4 is 4.74 Å². The summed E-state index contributed by atoms with van der Waals surface area (Å²) in [5, 5.41) is 0. The molecule has 0 bridgehead atoms. The first kappa shape index (κ1) is 15.2. The van der Waals surface area contributed by atoms with Crippen LogP contribution in [0.2, 0.25) is 0 Å². The molecule has 1 aromatic carbocycles. The number of benzene rings is 1. The van der Waals surface area contributed by atoms with Gasteiger partial charge < -0.3 is 4.74 Å². The molecule has 2 unspecified atom stereocenters. The molecule has 0 radical (unpaired) electrons. The molecule has 0 spiro atoms. The Bertz CT molecular complexity index is 507. The van der Waals surface area contributed by atoms with Crippen molar-refractivity contribution in [2.45, 2.75) is 39.2 Å². The van der Waals surface area contributed by atoms with Crippen LogP contribution in [0.4, 0.5) is 4.39 Å². The first-order valence-corrected chi connectivity index (χ1v) is 7.63. The summed E-state index contributed by atoms with van der Waals surface area (Å²) in [6.07, 6.45) is 3.53. The van der Waals surface area contributed by atoms with Gasteiger partial charge in [0.2, 0.25) is 0 Å². The number of ether oxygens (including phenoxy) is 1. The van der Waals surface area contributed by atoms with E-state index in [0.717, 1.165) is 12.8 Å². The van der Waals surface area contributed by atoms with Gasteiger partial charge in [-0.15, -0.1) is 11.6 Å². The summed E-state index contributed by atoms with van der Waals surface area (Å²) in [6.45, 7) is 4.51. The van der Waals surface area contributed by atoms with Crippen LogP contribution in [-0.4, -0.2) is 12.0 Å². The quantitative estimate of drug-likeness (QED) is 0.571. The highest BCUT2D eigenvalue weighted by Crippen LogP contribution is 2.32. The molecule has 108 valence electrons. The number of hydrogen-bond donors (Lipinski definition) is 0. The standard InChI is InChI=1S/C17H20ClFO/c1-12-8-13(2)10-16(9-12)20-17-6-5-15(19)11-14(17)4-3-7-18/h5-6,11-13,16H,7-10H2,1-2H3. The van der Waals surface area contributed by atoms with Gasteiger partial charge in [0.25, 0.3) is 0 Å². The van der Waals surface area contributed by atoms with Crippen LogP contribution in [0.15, 0.2) is 18.2 Å². The monoisotopic (exact) mass is 294 g/mol. The van der Waals surface area contributed by atoms with Gasteiger partial charge in [0, 0.05) is 0 Å². The highest BCUT2D eigenvalue weighted by Gasteiger charge is 2.25. The molecule has 1 nitrogen and oxygen atoms in total. The molecule has 1 fully saturated rings. The van der Waals surface area contributed by atoms with E-state index in [1.165, 1.54) is 18.6 Å². The molecule has 0 heterocycles. The number of hydrogen-bond acceptors (Lipinski definition) is 1. The maximum atomic E-state index is 13.3. The zero-order chi connectivity index (χ0) is 14.5. The van der Waals surface area contributed by atoms with Gasteiger partial charge in [0.1, 0.15) is 11.6 Å². The second kappa shape index (κ2) is 6.99. The Hall–Kier alpha value is -1.20. The Morgan fingerprint density at radius 2 is 1.95 bits per heavy atom. The van der Waals surface area contributed by atoms with Gasteiger partial charge in [-0.1, -0.05) is 25.7 Å². The van der Waals surface area contributed by atoms with Crippen molar-refractivity contribution in [3.05, 3.63) is 29.6 Å². The lowest BCUT2D eigenvalue weighted by molar-refractivity contribution is 0.101. The maximum absolute atomic E-state index is 13.3. The third-order valence-corrected chi connectivity index (χ3v) is 3.79. The normalized spacial score (nSPS) is 25.7. The summed E-state index contributed by atoms with van der Waals surface area (Å²) >= 11 is 5.57. The van der Waals surface area contributed by atoms with Crippen molar-refractivity contribution in [2.24, 2.45) is 11.8 Å². The van der Waals surface area contributed by atoms with Crippen molar-refractivity contribution >= 4 is 11.6 Å². The van der Waals surface area contributed by atoms with Crippen LogP contribution in [0.1, 0.15) is 38.7 Å². The third-order valence-electron chi connectivity index (χ3n) is 3.66. The molecular weight excluding hydrogens is 275 g/mol. The summed E-state index contributed by atoms with van der Waals surface area (Å²) in [4.78, 5) is 0. The molecule has 2 rings (SSSR count). The molecule has 3 heteroatoms. The fraction of sp³-hybridized carbons (Fsp3) is 0.529. The van der Waals surface area contributed by atoms with E-state index >= 15 is 0 Å². The molecule has 1 aliphatic carbocycles. The summed E-state index contributed by atoms with van der Waals surface area (Å²) in [6, 6.07) is 4.49. The fourth-order valence-corrected chi connectivity index (χ4v) is 3.05. The maximum Gasteiger partial charge on any atom is 0.135 e. The van der Waals surface area contributed by atoms with Gasteiger partial charge in [-0.2, -0.15) is 0 Å². The molecule has 1 saturated carbocycles. The predicted molar refractivity (Wildman–Crippen MR) is 80.6 cm³/mol. The molecule has 20 heavy (non-hydrogen) atoms. The van der Waals surface area contributed by atoms with Crippen molar-refractivity contribution in [1.82, 2.24) is 0 Å². The first-order valence-electron chi connectivity index (χ1n) is 7.09. The zero-order valence-corrected chi connectivity index (χ0v) is 12.7. The van der Waals surface area contributed by atoms with Crippen molar-refractivity contribution in [3.63, 3.8) is 0 Å². The summed E-state index contributed by atoms with van der Waals surface area (Å²) in [5.41, 5.74) is 0.580. The molecule has 0 aliphatic heterocycles. The molecule has 1 aromatic rings. The van der Waals surface area contributed by atoms with Crippen molar-refractivity contribution in [3.8, 4) is 17.6 Å². The van der Waals surface area contributed by atoms with E-state index in [-0.39, 0.29) is 17.8 Å². The van der Waals surface area contributed by atoms with Crippen LogP contribution >= 0.6 is 11.6 Å². The Labute approximate surface area is 125 Å². The Kier molecular flexibility index (Phi) is 5.31. The Morgan fingerprint density at radius 3 is 2.60 bits per heavy atom. The average Bonchev–Trinajstić information content (AvgIpc) is 2.38. The van der Waals surface area contributed by atoms with Gasteiger partial charge in [0.15, 0.2) is 0 Å². The van der Waals surface area contributed by atoms with E-state index in [1.54, 1.807) is 6.07 Å². The van der Waals surface area contributed by atoms with Gasteiger partial charge >= 0.3 is 0 Å². The van der Waals surface area contributed by atoms with Gasteiger partial charge in [-0.05, 0) is 49.3 Å². The first-order chi connectivity index (χ1) is 9.58. The molecule has 0 amide bonds. The topological polar surface area (TPSA) is 9.23 Å². The lowest BCUT2D eigenvalue weighted by Gasteiger charge is -2.32. The fourth-order valence-electron chi connectivity index (χ4n) is 2.98. The minimum Gasteiger partial charge on any atom is -0.489 e. The zero-order valence-electron chi connectivity index (χ0n) is 12.0. The molecule has 1 aliphatic rings. The number of halogens is 2. The average molecular weight is 295 g/mol. The van der Waals surface area contributed by atoms with E-state index in [1.807, 2.05) is 0 Å². The largest absolute Gasteiger partial charge is 0.489 e. The van der Waals surface area contributed by atoms with Gasteiger partial charge in [-0.25, -0.2) is 4.39 Å². The van der Waals surface area contributed by atoms with Crippen molar-refractivity contribution in [2.75, 3.05) is 5.88 Å². The predicted octanol–water partition coefficient (Wildman–Crippen LogP) is 4.62. The summed E-state index contributed by atoms with van der Waals surface area (Å²) in [5.74, 6) is 7.55. The second-order valence-electron chi connectivity index (χ2n) is 5.73. The van der Waals surface area contributed by atoms with Crippen molar-refractivity contribution in [1.29, 1.82) is 0 Å². The van der Waals surface area contributed by atoms with Crippen LogP contribution in [-0.2, 0) is 0 Å². The smallest absolute Gasteiger partial charge is 0.135 e. The van der Waals surface area contributed by atoms with Gasteiger partial charge in [-0.3, -0.25) is 0 Å². The molecular formula is C17H20ClFO. The highest BCUT2D eigenvalue weighted by atomic mass is 35.5. The van der Waals surface area contributed by atoms with E-state index in [0.29, 0.717) is 23.1 Å². The van der Waals surface area contributed by atoms with Crippen LogP contribution in [0.3, 0.4) is 0 Å². The van der Waals surface area contributed by atoms with E-state index in [9.17, 15) is 4.39 Å². The van der Waals surface area contributed by atoms with E-state index < -0.39 is 0 Å². The summed E-state index contributed by atoms with van der Waals surface area (Å²) in [7, 11) is 0. The second-order valence-corrected chi connectivity index (χ2v) is 6.00. The van der Waals surface area contributed by atoms with Crippen LogP contribution in [0.5, 0.6) is 5.75 Å². The van der Waals surface area contributed by atoms with Crippen LogP contribution in [0.25, 0.3) is 0 Å². The lowest BCUT2D eigenvalue weighted by Crippen LogP contribution is -2.28. The molecule has 2 atom stereocenters. The van der Waals surface area contributed by atoms with Crippen molar-refractivity contribution < 1.29 is 9.13 Å². The number of alkyl halides is 1.